The lowest BCUT2D eigenvalue weighted by atomic mass is 9.95. The molecule has 0 aliphatic rings. The molecule has 5 aromatic rings. The normalized spacial score (nSPS) is 11.5. The number of H-pyrrole nitrogens is 1. The molecule has 0 unspecified atom stereocenters. The van der Waals surface area contributed by atoms with Gasteiger partial charge in [-0.1, -0.05) is 62.4 Å². The number of aromatic nitrogens is 8. The van der Waals surface area contributed by atoms with Gasteiger partial charge in [-0.15, -0.1) is 20.4 Å². The maximum atomic E-state index is 4.88. The van der Waals surface area contributed by atoms with Crippen LogP contribution >= 0.6 is 31.9 Å². The molecule has 1 N–H and O–H groups in total. The molecule has 0 fully saturated rings. The first-order chi connectivity index (χ1) is 15.5. The summed E-state index contributed by atoms with van der Waals surface area (Å²) in [5.41, 5.74) is 5.91. The molecule has 0 atom stereocenters. The van der Waals surface area contributed by atoms with E-state index in [1.165, 1.54) is 0 Å². The van der Waals surface area contributed by atoms with E-state index >= 15 is 0 Å². The summed E-state index contributed by atoms with van der Waals surface area (Å²) >= 11 is 7.08. The summed E-state index contributed by atoms with van der Waals surface area (Å²) in [5.74, 6) is 1.76. The van der Waals surface area contributed by atoms with E-state index < -0.39 is 0 Å². The minimum Gasteiger partial charge on any atom is -0.321 e. The van der Waals surface area contributed by atoms with E-state index in [2.05, 4.69) is 105 Å². The number of aromatic amines is 1. The summed E-state index contributed by atoms with van der Waals surface area (Å²) in [6, 6.07) is 16.4. The Labute approximate surface area is 200 Å². The molecular weight excluding hydrogens is 536 g/mol. The molecule has 0 bridgehead atoms. The summed E-state index contributed by atoms with van der Waals surface area (Å²) in [5, 5.41) is 23.0. The van der Waals surface area contributed by atoms with Crippen molar-refractivity contribution in [2.45, 2.75) is 26.3 Å². The summed E-state index contributed by atoms with van der Waals surface area (Å²) < 4.78 is 3.51. The van der Waals surface area contributed by atoms with E-state index in [0.717, 1.165) is 39.1 Å². The van der Waals surface area contributed by atoms with E-state index in [4.69, 9.17) is 4.98 Å². The number of hydrogen-bond donors (Lipinski definition) is 1. The molecule has 0 saturated heterocycles. The highest BCUT2D eigenvalue weighted by Gasteiger charge is 2.21. The second kappa shape index (κ2) is 8.51. The fraction of sp³-hybridized carbons (Fsp3) is 0.182. The van der Waals surface area contributed by atoms with Crippen LogP contribution in [0, 0.1) is 0 Å². The third kappa shape index (κ3) is 3.63. The van der Waals surface area contributed by atoms with E-state index in [1.54, 1.807) is 0 Å². The van der Waals surface area contributed by atoms with Crippen LogP contribution in [-0.4, -0.2) is 40.4 Å². The third-order valence-electron chi connectivity index (χ3n) is 5.28. The van der Waals surface area contributed by atoms with Crippen LogP contribution in [0.5, 0.6) is 0 Å². The van der Waals surface area contributed by atoms with Gasteiger partial charge in [0.1, 0.15) is 16.9 Å². The van der Waals surface area contributed by atoms with Gasteiger partial charge >= 0.3 is 0 Å². The molecule has 32 heavy (non-hydrogen) atoms. The summed E-state index contributed by atoms with van der Waals surface area (Å²) in [7, 11) is 0. The monoisotopic (exact) mass is 552 g/mol. The number of imidazole rings is 1. The molecule has 0 aliphatic carbocycles. The SMILES string of the molecule is CC(C)c1nc2c(Br)nnc(Br)c2n1Cc1ccccc1-c1ccccc1-c1nn[nH]n1. The van der Waals surface area contributed by atoms with Gasteiger partial charge in [0.2, 0.25) is 5.82 Å². The van der Waals surface area contributed by atoms with Crippen LogP contribution < -0.4 is 0 Å². The smallest absolute Gasteiger partial charge is 0.205 e. The van der Waals surface area contributed by atoms with Gasteiger partial charge in [0.15, 0.2) is 9.21 Å². The molecule has 3 heterocycles. The van der Waals surface area contributed by atoms with Crippen LogP contribution in [-0.2, 0) is 6.54 Å². The van der Waals surface area contributed by atoms with Crippen molar-refractivity contribution in [3.63, 3.8) is 0 Å². The summed E-state index contributed by atoms with van der Waals surface area (Å²) in [6.45, 7) is 4.90. The molecule has 0 aliphatic heterocycles. The molecule has 10 heteroatoms. The number of hydrogen-bond acceptors (Lipinski definition) is 6. The van der Waals surface area contributed by atoms with Crippen molar-refractivity contribution in [3.05, 3.63) is 69.1 Å². The van der Waals surface area contributed by atoms with Crippen LogP contribution in [0.2, 0.25) is 0 Å². The molecule has 160 valence electrons. The minimum absolute atomic E-state index is 0.222. The number of tetrazole rings is 1. The zero-order valence-electron chi connectivity index (χ0n) is 17.3. The van der Waals surface area contributed by atoms with Crippen molar-refractivity contribution in [3.8, 4) is 22.5 Å². The standard InChI is InChI=1S/C22H18Br2N8/c1-12(2)22-25-17-18(20(24)27-26-19(17)23)32(22)11-13-7-3-4-8-14(13)15-9-5-6-10-16(15)21-28-30-31-29-21/h3-10,12H,11H2,1-2H3,(H,28,29,30,31). The van der Waals surface area contributed by atoms with Gasteiger partial charge in [0.25, 0.3) is 0 Å². The maximum Gasteiger partial charge on any atom is 0.205 e. The van der Waals surface area contributed by atoms with Crippen molar-refractivity contribution in [1.29, 1.82) is 0 Å². The molecule has 5 rings (SSSR count). The predicted octanol–water partition coefficient (Wildman–Crippen LogP) is 5.37. The molecule has 0 saturated carbocycles. The number of nitrogens with zero attached hydrogens (tertiary/aromatic N) is 7. The van der Waals surface area contributed by atoms with Crippen LogP contribution in [0.3, 0.4) is 0 Å². The number of benzene rings is 2. The molecule has 0 amide bonds. The van der Waals surface area contributed by atoms with Crippen molar-refractivity contribution in [2.24, 2.45) is 0 Å². The van der Waals surface area contributed by atoms with Crippen LogP contribution in [0.15, 0.2) is 57.7 Å². The van der Waals surface area contributed by atoms with Gasteiger partial charge in [-0.2, -0.15) is 5.21 Å². The lowest BCUT2D eigenvalue weighted by molar-refractivity contribution is 0.682. The second-order valence-electron chi connectivity index (χ2n) is 7.63. The number of nitrogens with one attached hydrogen (secondary N) is 1. The first kappa shape index (κ1) is 20.9. The Kier molecular flexibility index (Phi) is 5.56. The van der Waals surface area contributed by atoms with E-state index in [0.29, 0.717) is 21.6 Å². The highest BCUT2D eigenvalue weighted by molar-refractivity contribution is 9.11. The Morgan fingerprint density at radius 3 is 2.28 bits per heavy atom. The van der Waals surface area contributed by atoms with Gasteiger partial charge in [-0.25, -0.2) is 4.98 Å². The molecule has 2 aromatic carbocycles. The Hall–Kier alpha value is -2.98. The molecule has 0 radical (unpaired) electrons. The zero-order valence-corrected chi connectivity index (χ0v) is 20.5. The Bertz CT molecular complexity index is 1410. The largest absolute Gasteiger partial charge is 0.321 e. The number of fused-ring (bicyclic) bond motifs is 1. The molecule has 8 nitrogen and oxygen atoms in total. The van der Waals surface area contributed by atoms with E-state index in [-0.39, 0.29) is 5.92 Å². The van der Waals surface area contributed by atoms with Crippen molar-refractivity contribution < 1.29 is 0 Å². The Morgan fingerprint density at radius 1 is 0.875 bits per heavy atom. The second-order valence-corrected chi connectivity index (χ2v) is 9.13. The molecular formula is C22H18Br2N8. The average molecular weight is 554 g/mol. The molecule has 3 aromatic heterocycles. The highest BCUT2D eigenvalue weighted by atomic mass is 79.9. The quantitative estimate of drug-likeness (QED) is 0.314. The highest BCUT2D eigenvalue weighted by Crippen LogP contribution is 2.35. The first-order valence-electron chi connectivity index (χ1n) is 10.0. The fourth-order valence-corrected chi connectivity index (χ4v) is 4.72. The zero-order chi connectivity index (χ0) is 22.2. The van der Waals surface area contributed by atoms with E-state index in [1.807, 2.05) is 24.3 Å². The number of halogens is 2. The van der Waals surface area contributed by atoms with Crippen molar-refractivity contribution in [1.82, 2.24) is 40.4 Å². The predicted molar refractivity (Wildman–Crippen MR) is 129 cm³/mol. The summed E-state index contributed by atoms with van der Waals surface area (Å²) in [6.07, 6.45) is 0. The lowest BCUT2D eigenvalue weighted by Crippen LogP contribution is -2.08. The summed E-state index contributed by atoms with van der Waals surface area (Å²) in [4.78, 5) is 4.88. The topological polar surface area (TPSA) is 98.1 Å². The van der Waals surface area contributed by atoms with Crippen molar-refractivity contribution >= 4 is 42.9 Å². The van der Waals surface area contributed by atoms with Gasteiger partial charge in [0, 0.05) is 11.5 Å². The fourth-order valence-electron chi connectivity index (χ4n) is 3.89. The van der Waals surface area contributed by atoms with Gasteiger partial charge in [-0.3, -0.25) is 0 Å². The van der Waals surface area contributed by atoms with Crippen molar-refractivity contribution in [2.75, 3.05) is 0 Å². The molecule has 0 spiro atoms. The third-order valence-corrected chi connectivity index (χ3v) is 6.35. The Balaban J connectivity index is 1.69. The maximum absolute atomic E-state index is 4.88. The average Bonchev–Trinajstić information content (AvgIpc) is 3.46. The Morgan fingerprint density at radius 2 is 1.56 bits per heavy atom. The van der Waals surface area contributed by atoms with Gasteiger partial charge in [-0.05, 0) is 53.8 Å². The van der Waals surface area contributed by atoms with Gasteiger partial charge in [0.05, 0.1) is 6.54 Å². The lowest BCUT2D eigenvalue weighted by Gasteiger charge is -2.16. The number of rotatable bonds is 5. The van der Waals surface area contributed by atoms with E-state index in [9.17, 15) is 0 Å². The minimum atomic E-state index is 0.222. The van der Waals surface area contributed by atoms with Crippen LogP contribution in [0.25, 0.3) is 33.5 Å². The first-order valence-corrected chi connectivity index (χ1v) is 11.6. The van der Waals surface area contributed by atoms with Crippen LogP contribution in [0.1, 0.15) is 31.2 Å². The van der Waals surface area contributed by atoms with Gasteiger partial charge < -0.3 is 4.57 Å². The van der Waals surface area contributed by atoms with Crippen LogP contribution in [0.4, 0.5) is 0 Å².